The van der Waals surface area contributed by atoms with Crippen LogP contribution in [0, 0.1) is 23.7 Å². The number of rotatable bonds is 15. The monoisotopic (exact) mass is 689 g/mol. The van der Waals surface area contributed by atoms with Crippen molar-refractivity contribution >= 4 is 35.3 Å². The molecule has 2 aliphatic rings. The standard InChI is InChI=1S/C37H51N7O6/c1-7-12-27(32(45)36(49)40-23(6)24-13-9-8-10-14-24)41-35(48)31-26-16-11-15-25(26)20-44(31)37(50)30(22(4)5)43-34(47)29(21(2)3)42-33(46)28-19-38-17-18-39-28/h8-10,13-14,17-19,21-23,25-27,29-31H,7,11-12,15-16,20H2,1-6H3,(H,40,49)(H,41,48)(H,42,46)(H,43,47)/t23-,25+,26+,27?,29-,30?,31?/m1/s1. The number of hydrogen-bond donors (Lipinski definition) is 4. The number of carbonyl (C=O) groups excluding carboxylic acids is 6. The van der Waals surface area contributed by atoms with Crippen LogP contribution < -0.4 is 21.3 Å². The highest BCUT2D eigenvalue weighted by molar-refractivity contribution is 6.38. The largest absolute Gasteiger partial charge is 0.344 e. The Kier molecular flexibility index (Phi) is 13.2. The Bertz CT molecular complexity index is 1520. The summed E-state index contributed by atoms with van der Waals surface area (Å²) in [7, 11) is 0. The minimum atomic E-state index is -1.06. The lowest BCUT2D eigenvalue weighted by atomic mass is 9.92. The number of ketones is 1. The van der Waals surface area contributed by atoms with Crippen molar-refractivity contribution in [2.24, 2.45) is 23.7 Å². The van der Waals surface area contributed by atoms with Crippen LogP contribution in [-0.4, -0.2) is 80.9 Å². The first-order valence-corrected chi connectivity index (χ1v) is 17.7. The third kappa shape index (κ3) is 9.10. The number of likely N-dealkylation sites (tertiary alicyclic amines) is 1. The van der Waals surface area contributed by atoms with E-state index >= 15 is 0 Å². The molecule has 4 rings (SSSR count). The Morgan fingerprint density at radius 1 is 0.860 bits per heavy atom. The summed E-state index contributed by atoms with van der Waals surface area (Å²) in [5.41, 5.74) is 0.902. The molecule has 3 unspecified atom stereocenters. The van der Waals surface area contributed by atoms with Crippen LogP contribution in [0.1, 0.15) is 95.7 Å². The summed E-state index contributed by atoms with van der Waals surface area (Å²) in [4.78, 5) is 90.8. The van der Waals surface area contributed by atoms with Crippen molar-refractivity contribution in [2.45, 2.75) is 104 Å². The molecule has 7 atom stereocenters. The van der Waals surface area contributed by atoms with Gasteiger partial charge in [-0.15, -0.1) is 0 Å². The number of carbonyl (C=O) groups is 6. The lowest BCUT2D eigenvalue weighted by Crippen LogP contribution is -2.60. The average molecular weight is 690 g/mol. The van der Waals surface area contributed by atoms with Crippen molar-refractivity contribution in [2.75, 3.05) is 6.54 Å². The molecular formula is C37H51N7O6. The Morgan fingerprint density at radius 3 is 2.18 bits per heavy atom. The number of fused-ring (bicyclic) bond motifs is 1. The topological polar surface area (TPSA) is 180 Å². The van der Waals surface area contributed by atoms with Crippen molar-refractivity contribution in [3.05, 3.63) is 60.2 Å². The summed E-state index contributed by atoms with van der Waals surface area (Å²) < 4.78 is 0. The molecule has 2 aromatic rings. The third-order valence-corrected chi connectivity index (χ3v) is 9.79. The van der Waals surface area contributed by atoms with Gasteiger partial charge in [-0.3, -0.25) is 33.8 Å². The molecule has 2 heterocycles. The SMILES string of the molecule is CCCC(NC(=O)C1[C@H]2CCC[C@H]2CN1C(=O)C(NC(=O)[C@H](NC(=O)c1cnccn1)C(C)C)C(C)C)C(=O)C(=O)N[C@H](C)c1ccccc1. The second-order valence-corrected chi connectivity index (χ2v) is 14.1. The Balaban J connectivity index is 1.49. The summed E-state index contributed by atoms with van der Waals surface area (Å²) in [6, 6.07) is 5.01. The molecule has 0 spiro atoms. The highest BCUT2D eigenvalue weighted by atomic mass is 16.2. The van der Waals surface area contributed by atoms with Gasteiger partial charge < -0.3 is 26.2 Å². The van der Waals surface area contributed by atoms with Gasteiger partial charge in [0, 0.05) is 18.9 Å². The molecule has 13 nitrogen and oxygen atoms in total. The highest BCUT2D eigenvalue weighted by Crippen LogP contribution is 2.42. The fourth-order valence-electron chi connectivity index (χ4n) is 7.04. The molecule has 5 amide bonds. The van der Waals surface area contributed by atoms with E-state index in [1.165, 1.54) is 18.6 Å². The molecule has 50 heavy (non-hydrogen) atoms. The van der Waals surface area contributed by atoms with E-state index in [2.05, 4.69) is 31.2 Å². The number of aromatic nitrogens is 2. The molecule has 0 radical (unpaired) electrons. The second-order valence-electron chi connectivity index (χ2n) is 14.1. The molecule has 13 heteroatoms. The first-order valence-electron chi connectivity index (χ1n) is 17.7. The number of amides is 5. The molecular weight excluding hydrogens is 638 g/mol. The van der Waals surface area contributed by atoms with Gasteiger partial charge in [-0.2, -0.15) is 0 Å². The van der Waals surface area contributed by atoms with Crippen LogP contribution in [0.4, 0.5) is 0 Å². The van der Waals surface area contributed by atoms with Crippen LogP contribution >= 0.6 is 0 Å². The van der Waals surface area contributed by atoms with Crippen LogP contribution in [0.2, 0.25) is 0 Å². The van der Waals surface area contributed by atoms with Gasteiger partial charge in [0.05, 0.1) is 18.3 Å². The molecule has 1 aromatic carbocycles. The lowest BCUT2D eigenvalue weighted by Gasteiger charge is -2.34. The van der Waals surface area contributed by atoms with Crippen LogP contribution in [0.3, 0.4) is 0 Å². The maximum absolute atomic E-state index is 14.3. The van der Waals surface area contributed by atoms with Gasteiger partial charge >= 0.3 is 0 Å². The zero-order valence-electron chi connectivity index (χ0n) is 29.8. The first-order chi connectivity index (χ1) is 23.8. The zero-order chi connectivity index (χ0) is 36.5. The van der Waals surface area contributed by atoms with Crippen molar-refractivity contribution in [3.8, 4) is 0 Å². The Morgan fingerprint density at radius 2 is 1.56 bits per heavy atom. The minimum absolute atomic E-state index is 0.0583. The molecule has 1 aliphatic heterocycles. The fraction of sp³-hybridized carbons (Fsp3) is 0.568. The normalized spacial score (nSPS) is 20.7. The van der Waals surface area contributed by atoms with Gasteiger partial charge in [-0.05, 0) is 55.4 Å². The van der Waals surface area contributed by atoms with E-state index in [4.69, 9.17) is 0 Å². The Labute approximate surface area is 294 Å². The van der Waals surface area contributed by atoms with Gasteiger partial charge in [0.1, 0.15) is 23.8 Å². The molecule has 1 aliphatic carbocycles. The molecule has 1 saturated heterocycles. The van der Waals surface area contributed by atoms with Crippen LogP contribution in [-0.2, 0) is 24.0 Å². The maximum Gasteiger partial charge on any atom is 0.290 e. The molecule has 1 aromatic heterocycles. The second kappa shape index (κ2) is 17.3. The van der Waals surface area contributed by atoms with E-state index in [0.717, 1.165) is 24.8 Å². The van der Waals surface area contributed by atoms with Crippen molar-refractivity contribution in [1.29, 1.82) is 0 Å². The van der Waals surface area contributed by atoms with E-state index in [0.29, 0.717) is 13.0 Å². The molecule has 2 fully saturated rings. The van der Waals surface area contributed by atoms with Gasteiger partial charge in [-0.25, -0.2) is 4.98 Å². The van der Waals surface area contributed by atoms with Crippen molar-refractivity contribution < 1.29 is 28.8 Å². The number of nitrogens with one attached hydrogen (secondary N) is 4. The average Bonchev–Trinajstić information content (AvgIpc) is 3.71. The summed E-state index contributed by atoms with van der Waals surface area (Å²) in [5, 5.41) is 11.2. The van der Waals surface area contributed by atoms with Gasteiger partial charge in [-0.1, -0.05) is 77.8 Å². The highest BCUT2D eigenvalue weighted by Gasteiger charge is 2.51. The summed E-state index contributed by atoms with van der Waals surface area (Å²) in [6.45, 7) is 11.2. The first kappa shape index (κ1) is 38.1. The number of hydrogen-bond acceptors (Lipinski definition) is 8. The molecule has 4 N–H and O–H groups in total. The summed E-state index contributed by atoms with van der Waals surface area (Å²) in [5.74, 6) is -4.18. The number of Topliss-reactive ketones (excluding diaryl/α,β-unsaturated/α-hetero) is 1. The van der Waals surface area contributed by atoms with Crippen molar-refractivity contribution in [3.63, 3.8) is 0 Å². The quantitative estimate of drug-likeness (QED) is 0.206. The van der Waals surface area contributed by atoms with E-state index in [-0.39, 0.29) is 35.8 Å². The fourth-order valence-corrected chi connectivity index (χ4v) is 7.04. The predicted octanol–water partition coefficient (Wildman–Crippen LogP) is 2.73. The molecule has 1 saturated carbocycles. The third-order valence-electron chi connectivity index (χ3n) is 9.79. The van der Waals surface area contributed by atoms with Crippen LogP contribution in [0.5, 0.6) is 0 Å². The van der Waals surface area contributed by atoms with E-state index in [1.807, 2.05) is 51.1 Å². The van der Waals surface area contributed by atoms with E-state index < -0.39 is 65.5 Å². The molecule has 0 bridgehead atoms. The predicted molar refractivity (Wildman–Crippen MR) is 186 cm³/mol. The maximum atomic E-state index is 14.3. The van der Waals surface area contributed by atoms with E-state index in [1.54, 1.807) is 25.7 Å². The lowest BCUT2D eigenvalue weighted by molar-refractivity contribution is -0.145. The van der Waals surface area contributed by atoms with E-state index in [9.17, 15) is 28.8 Å². The van der Waals surface area contributed by atoms with Gasteiger partial charge in [0.2, 0.25) is 23.5 Å². The minimum Gasteiger partial charge on any atom is -0.344 e. The number of benzene rings is 1. The summed E-state index contributed by atoms with van der Waals surface area (Å²) >= 11 is 0. The van der Waals surface area contributed by atoms with Crippen LogP contribution in [0.25, 0.3) is 0 Å². The van der Waals surface area contributed by atoms with Crippen LogP contribution in [0.15, 0.2) is 48.9 Å². The zero-order valence-corrected chi connectivity index (χ0v) is 29.8. The summed E-state index contributed by atoms with van der Waals surface area (Å²) in [6.07, 6.45) is 7.45. The van der Waals surface area contributed by atoms with Gasteiger partial charge in [0.25, 0.3) is 11.8 Å². The van der Waals surface area contributed by atoms with Gasteiger partial charge in [0.15, 0.2) is 0 Å². The van der Waals surface area contributed by atoms with Crippen molar-refractivity contribution in [1.82, 2.24) is 36.1 Å². The molecule has 270 valence electrons. The smallest absolute Gasteiger partial charge is 0.290 e. The Hall–Kier alpha value is -4.68. The number of nitrogens with zero attached hydrogens (tertiary/aromatic N) is 3.